The molecule has 0 spiro atoms. The third kappa shape index (κ3) is 9.53. The molecule has 2 aromatic heterocycles. The maximum absolute atomic E-state index is 16.4. The number of carbonyl (C=O) groups is 3. The SMILES string of the molecule is CO.NC(N)=C(/C=C(\N)c1ccccc1O)N1CCCC(c2ccc(C(=O)N3CCC(F)(CN4CCC(n5cc(C6CC6)c6cc(N7CCC(=O)NC7=O)cnc65)CC4)CC3)cc2)C1. The van der Waals surface area contributed by atoms with Gasteiger partial charge in [-0.2, -0.15) is 0 Å². The molecule has 0 radical (unpaired) electrons. The number of aromatic hydroxyl groups is 1. The molecule has 5 fully saturated rings. The van der Waals surface area contributed by atoms with Gasteiger partial charge in [0.15, 0.2) is 0 Å². The number of carbonyl (C=O) groups excluding carboxylic acids is 3. The minimum absolute atomic E-state index is 0.0740. The van der Waals surface area contributed by atoms with Crippen LogP contribution in [0.2, 0.25) is 0 Å². The van der Waals surface area contributed by atoms with Crippen molar-refractivity contribution in [1.29, 1.82) is 0 Å². The minimum Gasteiger partial charge on any atom is -0.507 e. The second kappa shape index (κ2) is 18.9. The van der Waals surface area contributed by atoms with Gasteiger partial charge < -0.3 is 46.7 Å². The first kappa shape index (κ1) is 44.5. The number of para-hydroxylation sites is 1. The molecule has 4 aliphatic heterocycles. The van der Waals surface area contributed by atoms with Crippen LogP contribution in [0, 0.1) is 0 Å². The summed E-state index contributed by atoms with van der Waals surface area (Å²) in [4.78, 5) is 50.6. The average Bonchev–Trinajstić information content (AvgIpc) is 4.09. The molecule has 9 N–H and O–H groups in total. The fourth-order valence-electron chi connectivity index (χ4n) is 9.97. The molecule has 64 heavy (non-hydrogen) atoms. The summed E-state index contributed by atoms with van der Waals surface area (Å²) in [6.45, 7) is 4.44. The van der Waals surface area contributed by atoms with E-state index in [-0.39, 0.29) is 41.8 Å². The number of phenolic OH excluding ortho intramolecular Hbond substituents is 1. The highest BCUT2D eigenvalue weighted by Gasteiger charge is 2.39. The van der Waals surface area contributed by atoms with Crippen molar-refractivity contribution in [3.63, 3.8) is 0 Å². The number of imide groups is 1. The molecule has 4 saturated heterocycles. The third-order valence-electron chi connectivity index (χ3n) is 13.7. The van der Waals surface area contributed by atoms with Crippen LogP contribution in [0.5, 0.6) is 5.75 Å². The first-order valence-electron chi connectivity index (χ1n) is 22.6. The molecule has 1 atom stereocenters. The first-order valence-corrected chi connectivity index (χ1v) is 22.6. The van der Waals surface area contributed by atoms with Crippen molar-refractivity contribution in [2.75, 3.05) is 64.4 Å². The Morgan fingerprint density at radius 3 is 2.30 bits per heavy atom. The number of halogens is 1. The number of pyridine rings is 1. The summed E-state index contributed by atoms with van der Waals surface area (Å²) in [5.41, 5.74) is 23.4. The molecule has 16 heteroatoms. The van der Waals surface area contributed by atoms with Crippen LogP contribution >= 0.6 is 0 Å². The van der Waals surface area contributed by atoms with Crippen molar-refractivity contribution in [3.05, 3.63) is 107 Å². The van der Waals surface area contributed by atoms with Gasteiger partial charge in [0.1, 0.15) is 22.9 Å². The van der Waals surface area contributed by atoms with Gasteiger partial charge in [0.2, 0.25) is 5.91 Å². The van der Waals surface area contributed by atoms with Crippen LogP contribution in [-0.4, -0.2) is 117 Å². The van der Waals surface area contributed by atoms with Crippen LogP contribution in [0.15, 0.2) is 84.6 Å². The number of benzene rings is 2. The number of phenols is 1. The highest BCUT2D eigenvalue weighted by Crippen LogP contribution is 2.45. The summed E-state index contributed by atoms with van der Waals surface area (Å²) in [5, 5.41) is 20.8. The number of likely N-dealkylation sites (tertiary alicyclic amines) is 3. The number of allylic oxidation sites excluding steroid dienone is 1. The highest BCUT2D eigenvalue weighted by atomic mass is 19.1. The molecule has 1 unspecified atom stereocenters. The number of aliphatic hydroxyl groups excluding tert-OH is 1. The van der Waals surface area contributed by atoms with Gasteiger partial charge in [-0.15, -0.1) is 0 Å². The molecule has 4 aromatic rings. The van der Waals surface area contributed by atoms with Crippen LogP contribution in [-0.2, 0) is 4.79 Å². The summed E-state index contributed by atoms with van der Waals surface area (Å²) < 4.78 is 18.7. The van der Waals surface area contributed by atoms with E-state index in [1.165, 1.54) is 5.56 Å². The first-order chi connectivity index (χ1) is 30.9. The number of hydrogen-bond donors (Lipinski definition) is 6. The number of hydrogen-bond acceptors (Lipinski definition) is 11. The number of piperidine rings is 3. The van der Waals surface area contributed by atoms with Crippen molar-refractivity contribution >= 4 is 40.3 Å². The van der Waals surface area contributed by atoms with Crippen LogP contribution < -0.4 is 27.4 Å². The summed E-state index contributed by atoms with van der Waals surface area (Å²) in [6.07, 6.45) is 12.5. The number of nitrogens with two attached hydrogens (primary N) is 3. The van der Waals surface area contributed by atoms with Gasteiger partial charge in [-0.05, 0) is 92.0 Å². The molecule has 340 valence electrons. The lowest BCUT2D eigenvalue weighted by atomic mass is 9.89. The number of nitrogens with zero attached hydrogens (tertiary/aromatic N) is 6. The second-order valence-electron chi connectivity index (χ2n) is 17.9. The fourth-order valence-corrected chi connectivity index (χ4v) is 9.97. The Labute approximate surface area is 373 Å². The van der Waals surface area contributed by atoms with Gasteiger partial charge in [0.05, 0.1) is 17.6 Å². The minimum atomic E-state index is -1.36. The van der Waals surface area contributed by atoms with E-state index >= 15 is 4.39 Å². The molecular formula is C48H61FN10O5. The normalized spacial score (nSPS) is 21.0. The van der Waals surface area contributed by atoms with E-state index in [4.69, 9.17) is 27.3 Å². The number of urea groups is 1. The van der Waals surface area contributed by atoms with Crippen molar-refractivity contribution in [2.24, 2.45) is 17.2 Å². The number of amides is 4. The number of anilines is 1. The number of nitrogens with one attached hydrogen (secondary N) is 1. The number of aromatic nitrogens is 2. The van der Waals surface area contributed by atoms with Gasteiger partial charge in [-0.25, -0.2) is 14.2 Å². The van der Waals surface area contributed by atoms with Gasteiger partial charge in [0, 0.05) is 119 Å². The Morgan fingerprint density at radius 2 is 1.62 bits per heavy atom. The topological polar surface area (TPSA) is 213 Å². The molecule has 6 heterocycles. The lowest BCUT2D eigenvalue weighted by molar-refractivity contribution is -0.120. The van der Waals surface area contributed by atoms with Crippen molar-refractivity contribution in [3.8, 4) is 5.75 Å². The lowest BCUT2D eigenvalue weighted by Gasteiger charge is -2.41. The fraction of sp³-hybridized carbons (Fsp3) is 0.458. The zero-order valence-electron chi connectivity index (χ0n) is 36.6. The molecule has 4 amide bonds. The predicted molar refractivity (Wildman–Crippen MR) is 245 cm³/mol. The van der Waals surface area contributed by atoms with Crippen LogP contribution in [0.25, 0.3) is 16.7 Å². The van der Waals surface area contributed by atoms with E-state index in [0.717, 1.165) is 81.9 Å². The quantitative estimate of drug-likeness (QED) is 0.114. The largest absolute Gasteiger partial charge is 0.507 e. The molecular weight excluding hydrogens is 816 g/mol. The van der Waals surface area contributed by atoms with E-state index < -0.39 is 11.7 Å². The monoisotopic (exact) mass is 876 g/mol. The third-order valence-corrected chi connectivity index (χ3v) is 13.7. The molecule has 1 aliphatic carbocycles. The van der Waals surface area contributed by atoms with E-state index in [9.17, 15) is 19.5 Å². The van der Waals surface area contributed by atoms with Crippen molar-refractivity contribution < 1.29 is 29.0 Å². The Hall–Kier alpha value is -6.13. The lowest BCUT2D eigenvalue weighted by Crippen LogP contribution is -2.51. The molecule has 1 saturated carbocycles. The average molecular weight is 877 g/mol. The maximum Gasteiger partial charge on any atom is 0.328 e. The summed E-state index contributed by atoms with van der Waals surface area (Å²) in [7, 11) is 1.00. The van der Waals surface area contributed by atoms with Crippen molar-refractivity contribution in [1.82, 2.24) is 29.6 Å². The van der Waals surface area contributed by atoms with Crippen LogP contribution in [0.1, 0.15) is 103 Å². The number of alkyl halides is 1. The van der Waals surface area contributed by atoms with E-state index in [0.29, 0.717) is 79.7 Å². The zero-order chi connectivity index (χ0) is 45.1. The summed E-state index contributed by atoms with van der Waals surface area (Å²) >= 11 is 0. The van der Waals surface area contributed by atoms with Crippen LogP contribution in [0.4, 0.5) is 14.9 Å². The van der Waals surface area contributed by atoms with Gasteiger partial charge >= 0.3 is 6.03 Å². The van der Waals surface area contributed by atoms with E-state index in [2.05, 4.69) is 25.9 Å². The molecule has 5 aliphatic rings. The van der Waals surface area contributed by atoms with Crippen LogP contribution in [0.3, 0.4) is 0 Å². The maximum atomic E-state index is 16.4. The van der Waals surface area contributed by atoms with Gasteiger partial charge in [-0.1, -0.05) is 24.3 Å². The molecule has 9 rings (SSSR count). The Morgan fingerprint density at radius 1 is 0.906 bits per heavy atom. The van der Waals surface area contributed by atoms with Crippen molar-refractivity contribution in [2.45, 2.75) is 81.3 Å². The smallest absolute Gasteiger partial charge is 0.328 e. The zero-order valence-corrected chi connectivity index (χ0v) is 36.6. The van der Waals surface area contributed by atoms with E-state index in [1.807, 2.05) is 30.3 Å². The Balaban J connectivity index is 0.00000276. The predicted octanol–water partition coefficient (Wildman–Crippen LogP) is 5.22. The second-order valence-corrected chi connectivity index (χ2v) is 17.9. The van der Waals surface area contributed by atoms with E-state index in [1.54, 1.807) is 46.3 Å². The Kier molecular flexibility index (Phi) is 13.1. The number of fused-ring (bicyclic) bond motifs is 1. The molecule has 15 nitrogen and oxygen atoms in total. The Bertz CT molecular complexity index is 2410. The van der Waals surface area contributed by atoms with Gasteiger partial charge in [0.25, 0.3) is 5.91 Å². The van der Waals surface area contributed by atoms with Gasteiger partial charge in [-0.3, -0.25) is 19.8 Å². The number of rotatable bonds is 10. The number of aliphatic hydroxyl groups is 1. The standard InChI is InChI=1S/C47H57FN10O4.CH4O/c48-47(29-54-19-13-34(14-20-54)58-28-38(31-9-10-31)37-24-35(26-52-44(37)58)57-21-15-42(60)53-46(57)62)16-22-55(23-17-47)45(61)32-11-7-30(8-12-32)33-4-3-18-56(27-33)40(43(50)51)25-39(49)36-5-1-2-6-41(36)59;1-2/h1-2,5-8,11-12,24-26,28,31,33-34,59H,3-4,9-10,13-23,27,29,49-51H2,(H,53,60,62);2H,1H3/b39-25-;. The highest BCUT2D eigenvalue weighted by molar-refractivity contribution is 6.06. The summed E-state index contributed by atoms with van der Waals surface area (Å²) in [6, 6.07) is 16.6. The summed E-state index contributed by atoms with van der Waals surface area (Å²) in [5.74, 6) is 0.579. The molecule has 2 aromatic carbocycles. The molecule has 0 bridgehead atoms.